The van der Waals surface area contributed by atoms with Crippen LogP contribution in [-0.4, -0.2) is 29.9 Å². The third kappa shape index (κ3) is 1.45. The molecule has 0 radical (unpaired) electrons. The molecule has 4 nitrogen and oxygen atoms in total. The highest BCUT2D eigenvalue weighted by atomic mass is 35.5. The Labute approximate surface area is 68.8 Å². The molecule has 1 rings (SSSR count). The van der Waals surface area contributed by atoms with Crippen molar-refractivity contribution in [2.45, 2.75) is 18.3 Å². The lowest BCUT2D eigenvalue weighted by atomic mass is 10.1. The maximum Gasteiger partial charge on any atom is 0.330 e. The van der Waals surface area contributed by atoms with Gasteiger partial charge in [-0.05, 0) is 6.92 Å². The van der Waals surface area contributed by atoms with Crippen LogP contribution in [0.4, 0.5) is 0 Å². The van der Waals surface area contributed by atoms with Crippen molar-refractivity contribution in [1.29, 1.82) is 0 Å². The first-order valence-electron chi connectivity index (χ1n) is 3.28. The molecule has 2 atom stereocenters. The first-order chi connectivity index (χ1) is 5.16. The van der Waals surface area contributed by atoms with Crippen LogP contribution in [0.2, 0.25) is 0 Å². The molecule has 1 aliphatic rings. The van der Waals surface area contributed by atoms with E-state index in [1.807, 2.05) is 0 Å². The van der Waals surface area contributed by atoms with E-state index in [9.17, 15) is 9.59 Å². The third-order valence-electron chi connectivity index (χ3n) is 1.38. The summed E-state index contributed by atoms with van der Waals surface area (Å²) in [5.74, 6) is -0.781. The van der Waals surface area contributed by atoms with Gasteiger partial charge in [0, 0.05) is 0 Å². The van der Waals surface area contributed by atoms with Crippen molar-refractivity contribution < 1.29 is 14.3 Å². The van der Waals surface area contributed by atoms with Crippen molar-refractivity contribution in [3.05, 3.63) is 0 Å². The molecule has 1 amide bonds. The Morgan fingerprint density at radius 1 is 1.82 bits per heavy atom. The summed E-state index contributed by atoms with van der Waals surface area (Å²) in [5, 5.41) is 1.58. The van der Waals surface area contributed by atoms with Crippen LogP contribution >= 0.6 is 11.6 Å². The number of hydrogen-bond acceptors (Lipinski definition) is 3. The topological polar surface area (TPSA) is 55.4 Å². The molecule has 62 valence electrons. The highest BCUT2D eigenvalue weighted by molar-refractivity contribution is 6.35. The van der Waals surface area contributed by atoms with Crippen molar-refractivity contribution in [2.24, 2.45) is 0 Å². The Bertz CT molecular complexity index is 194. The van der Waals surface area contributed by atoms with Crippen molar-refractivity contribution in [1.82, 2.24) is 5.32 Å². The predicted molar refractivity (Wildman–Crippen MR) is 38.2 cm³/mol. The van der Waals surface area contributed by atoms with E-state index in [2.05, 4.69) is 10.1 Å². The number of hydrogen-bond donors (Lipinski definition) is 1. The quantitative estimate of drug-likeness (QED) is 0.357. The molecule has 1 N–H and O–H groups in total. The van der Waals surface area contributed by atoms with Crippen LogP contribution in [0.3, 0.4) is 0 Å². The van der Waals surface area contributed by atoms with Crippen LogP contribution in [0, 0.1) is 0 Å². The minimum atomic E-state index is -0.756. The second-order valence-electron chi connectivity index (χ2n) is 2.14. The molecule has 0 aromatic rings. The lowest BCUT2D eigenvalue weighted by Gasteiger charge is -2.29. The number of rotatable bonds is 2. The lowest BCUT2D eigenvalue weighted by Crippen LogP contribution is -2.63. The van der Waals surface area contributed by atoms with Crippen molar-refractivity contribution >= 4 is 23.5 Å². The standard InChI is InChI=1S/C6H8ClNO3/c1-2-11-6(10)4-3(7)5(9)8-4/h3-4H,2H2,1H3,(H,8,9)/t3-,4-/m1/s1. The zero-order chi connectivity index (χ0) is 8.43. The third-order valence-corrected chi connectivity index (χ3v) is 1.83. The van der Waals surface area contributed by atoms with Gasteiger partial charge in [-0.1, -0.05) is 0 Å². The average molecular weight is 178 g/mol. The van der Waals surface area contributed by atoms with Crippen LogP contribution in [0.5, 0.6) is 0 Å². The van der Waals surface area contributed by atoms with E-state index in [-0.39, 0.29) is 5.91 Å². The predicted octanol–water partition coefficient (Wildman–Crippen LogP) is -0.345. The number of esters is 1. The van der Waals surface area contributed by atoms with E-state index in [4.69, 9.17) is 11.6 Å². The van der Waals surface area contributed by atoms with Gasteiger partial charge in [0.05, 0.1) is 6.61 Å². The lowest BCUT2D eigenvalue weighted by molar-refractivity contribution is -0.152. The Hall–Kier alpha value is -0.770. The first-order valence-corrected chi connectivity index (χ1v) is 3.71. The fraction of sp³-hybridized carbons (Fsp3) is 0.667. The Morgan fingerprint density at radius 3 is 2.82 bits per heavy atom. The van der Waals surface area contributed by atoms with Gasteiger partial charge in [-0.25, -0.2) is 4.79 Å². The summed E-state index contributed by atoms with van der Waals surface area (Å²) >= 11 is 5.48. The van der Waals surface area contributed by atoms with Crippen LogP contribution in [0.25, 0.3) is 0 Å². The van der Waals surface area contributed by atoms with Crippen LogP contribution < -0.4 is 5.32 Å². The van der Waals surface area contributed by atoms with E-state index in [1.165, 1.54) is 0 Å². The molecule has 0 bridgehead atoms. The number of nitrogens with one attached hydrogen (secondary N) is 1. The van der Waals surface area contributed by atoms with Crippen LogP contribution in [-0.2, 0) is 14.3 Å². The molecule has 5 heteroatoms. The summed E-state index contributed by atoms with van der Waals surface area (Å²) in [6.45, 7) is 2.00. The molecule has 0 aliphatic carbocycles. The fourth-order valence-corrected chi connectivity index (χ4v) is 1.00. The normalized spacial score (nSPS) is 28.7. The minimum absolute atomic E-state index is 0.300. The van der Waals surface area contributed by atoms with E-state index < -0.39 is 17.4 Å². The van der Waals surface area contributed by atoms with Gasteiger partial charge in [0.1, 0.15) is 5.38 Å². The molecule has 1 heterocycles. The maximum absolute atomic E-state index is 10.9. The number of carbonyl (C=O) groups excluding carboxylic acids is 2. The molecule has 0 aromatic carbocycles. The first kappa shape index (κ1) is 8.33. The molecule has 1 fully saturated rings. The summed E-state index contributed by atoms with van der Waals surface area (Å²) in [5.41, 5.74) is 0. The van der Waals surface area contributed by atoms with E-state index in [0.29, 0.717) is 6.61 Å². The maximum atomic E-state index is 10.9. The zero-order valence-electron chi connectivity index (χ0n) is 5.96. The summed E-state index contributed by atoms with van der Waals surface area (Å²) in [4.78, 5) is 21.4. The molecule has 0 unspecified atom stereocenters. The van der Waals surface area contributed by atoms with Gasteiger partial charge < -0.3 is 10.1 Å². The van der Waals surface area contributed by atoms with E-state index >= 15 is 0 Å². The minimum Gasteiger partial charge on any atom is -0.464 e. The Balaban J connectivity index is 2.39. The van der Waals surface area contributed by atoms with Gasteiger partial charge in [-0.15, -0.1) is 11.6 Å². The summed E-state index contributed by atoms with van der Waals surface area (Å²) in [6, 6.07) is -0.649. The summed E-state index contributed by atoms with van der Waals surface area (Å²) in [7, 11) is 0. The molecule has 0 spiro atoms. The van der Waals surface area contributed by atoms with E-state index in [1.54, 1.807) is 6.92 Å². The summed E-state index contributed by atoms with van der Waals surface area (Å²) in [6.07, 6.45) is 0. The van der Waals surface area contributed by atoms with Gasteiger partial charge >= 0.3 is 5.97 Å². The number of halogens is 1. The summed E-state index contributed by atoms with van der Waals surface area (Å²) < 4.78 is 4.63. The zero-order valence-corrected chi connectivity index (χ0v) is 6.72. The molecule has 1 aliphatic heterocycles. The Kier molecular flexibility index (Phi) is 2.34. The molecular weight excluding hydrogens is 170 g/mol. The molecule has 11 heavy (non-hydrogen) atoms. The monoisotopic (exact) mass is 177 g/mol. The molecule has 0 saturated carbocycles. The highest BCUT2D eigenvalue weighted by Gasteiger charge is 2.43. The number of carbonyl (C=O) groups is 2. The fourth-order valence-electron chi connectivity index (χ4n) is 0.772. The van der Waals surface area contributed by atoms with Crippen molar-refractivity contribution in [3.8, 4) is 0 Å². The van der Waals surface area contributed by atoms with Crippen molar-refractivity contribution in [2.75, 3.05) is 6.61 Å². The van der Waals surface area contributed by atoms with Gasteiger partial charge in [0.25, 0.3) is 0 Å². The average Bonchev–Trinajstić information content (AvgIpc) is 1.99. The SMILES string of the molecule is CCOC(=O)[C@@H]1NC(=O)[C@@H]1Cl. The van der Waals surface area contributed by atoms with Gasteiger partial charge in [-0.3, -0.25) is 4.79 Å². The second kappa shape index (κ2) is 3.09. The van der Waals surface area contributed by atoms with Crippen LogP contribution in [0.1, 0.15) is 6.92 Å². The van der Waals surface area contributed by atoms with Gasteiger partial charge in [0.15, 0.2) is 6.04 Å². The number of ether oxygens (including phenoxy) is 1. The smallest absolute Gasteiger partial charge is 0.330 e. The number of alkyl halides is 1. The number of β-lactam (4-membered cyclic amide) rings is 1. The molecular formula is C6H8ClNO3. The highest BCUT2D eigenvalue weighted by Crippen LogP contribution is 2.14. The number of amides is 1. The molecule has 0 aromatic heterocycles. The second-order valence-corrected chi connectivity index (χ2v) is 2.61. The largest absolute Gasteiger partial charge is 0.464 e. The van der Waals surface area contributed by atoms with Gasteiger partial charge in [-0.2, -0.15) is 0 Å². The van der Waals surface area contributed by atoms with Crippen molar-refractivity contribution in [3.63, 3.8) is 0 Å². The van der Waals surface area contributed by atoms with Crippen LogP contribution in [0.15, 0.2) is 0 Å². The Morgan fingerprint density at radius 2 is 2.45 bits per heavy atom. The van der Waals surface area contributed by atoms with E-state index in [0.717, 1.165) is 0 Å². The van der Waals surface area contributed by atoms with Gasteiger partial charge in [0.2, 0.25) is 5.91 Å². The molecule has 1 saturated heterocycles.